The summed E-state index contributed by atoms with van der Waals surface area (Å²) in [5.74, 6) is -0.481. The van der Waals surface area contributed by atoms with Gasteiger partial charge >= 0.3 is 5.97 Å². The van der Waals surface area contributed by atoms with Gasteiger partial charge in [-0.1, -0.05) is 12.1 Å². The minimum Gasteiger partial charge on any atom is -0.459 e. The second-order valence-electron chi connectivity index (χ2n) is 5.27. The third kappa shape index (κ3) is 5.05. The largest absolute Gasteiger partial charge is 0.459 e. The lowest BCUT2D eigenvalue weighted by atomic mass is 10.1. The molecule has 0 aliphatic rings. The molecule has 0 aliphatic carbocycles. The third-order valence-electron chi connectivity index (χ3n) is 2.31. The van der Waals surface area contributed by atoms with Gasteiger partial charge in [-0.3, -0.25) is 14.9 Å². The number of non-ortho nitro benzene ring substituents is 1. The number of esters is 1. The van der Waals surface area contributed by atoms with Crippen molar-refractivity contribution in [3.8, 4) is 0 Å². The fraction of sp³-hybridized carbons (Fsp3) is 0.462. The third-order valence-corrected chi connectivity index (χ3v) is 2.31. The molecule has 104 valence electrons. The number of carbonyl (C=O) groups excluding carboxylic acids is 1. The molecule has 0 spiro atoms. The molecule has 0 fully saturated rings. The van der Waals surface area contributed by atoms with E-state index in [1.807, 2.05) is 0 Å². The van der Waals surface area contributed by atoms with Gasteiger partial charge < -0.3 is 10.5 Å². The van der Waals surface area contributed by atoms with Crippen molar-refractivity contribution in [2.75, 3.05) is 0 Å². The zero-order valence-corrected chi connectivity index (χ0v) is 11.3. The standard InChI is InChI=1S/C13H18N2O4/c1-13(2,3)19-12(16)11(14)8-9-4-6-10(7-5-9)15(17)18/h4-7,11H,8,14H2,1-3H3/t11-/m1/s1. The van der Waals surface area contributed by atoms with E-state index in [-0.39, 0.29) is 12.1 Å². The number of nitro benzene ring substituents is 1. The van der Waals surface area contributed by atoms with Crippen molar-refractivity contribution in [1.82, 2.24) is 0 Å². The molecule has 0 aliphatic heterocycles. The highest BCUT2D eigenvalue weighted by Gasteiger charge is 2.22. The highest BCUT2D eigenvalue weighted by Crippen LogP contribution is 2.14. The Labute approximate surface area is 111 Å². The summed E-state index contributed by atoms with van der Waals surface area (Å²) in [5, 5.41) is 10.5. The fourth-order valence-electron chi connectivity index (χ4n) is 1.47. The Balaban J connectivity index is 2.64. The topological polar surface area (TPSA) is 95.5 Å². The lowest BCUT2D eigenvalue weighted by molar-refractivity contribution is -0.384. The lowest BCUT2D eigenvalue weighted by Crippen LogP contribution is -2.38. The number of nitrogens with two attached hydrogens (primary N) is 1. The van der Waals surface area contributed by atoms with Crippen LogP contribution in [0.25, 0.3) is 0 Å². The average molecular weight is 266 g/mol. The van der Waals surface area contributed by atoms with Crippen LogP contribution in [0.15, 0.2) is 24.3 Å². The molecule has 1 atom stereocenters. The molecule has 6 nitrogen and oxygen atoms in total. The first-order valence-electron chi connectivity index (χ1n) is 5.91. The summed E-state index contributed by atoms with van der Waals surface area (Å²) in [6.45, 7) is 5.30. The Hall–Kier alpha value is -1.95. The van der Waals surface area contributed by atoms with E-state index in [0.717, 1.165) is 5.56 Å². The van der Waals surface area contributed by atoms with E-state index in [9.17, 15) is 14.9 Å². The zero-order chi connectivity index (χ0) is 14.6. The Morgan fingerprint density at radius 3 is 2.32 bits per heavy atom. The normalized spacial score (nSPS) is 12.8. The number of ether oxygens (including phenoxy) is 1. The SMILES string of the molecule is CC(C)(C)OC(=O)[C@H](N)Cc1ccc([N+](=O)[O-])cc1. The molecule has 0 saturated heterocycles. The van der Waals surface area contributed by atoms with E-state index in [2.05, 4.69) is 0 Å². The molecular formula is C13H18N2O4. The highest BCUT2D eigenvalue weighted by molar-refractivity contribution is 5.76. The van der Waals surface area contributed by atoms with Crippen molar-refractivity contribution in [3.63, 3.8) is 0 Å². The number of hydrogen-bond acceptors (Lipinski definition) is 5. The van der Waals surface area contributed by atoms with E-state index in [1.165, 1.54) is 12.1 Å². The Morgan fingerprint density at radius 2 is 1.89 bits per heavy atom. The Kier molecular flexibility index (Phi) is 4.61. The minimum absolute atomic E-state index is 0.00888. The second kappa shape index (κ2) is 5.79. The molecule has 1 rings (SSSR count). The van der Waals surface area contributed by atoms with Crippen LogP contribution in [0.1, 0.15) is 26.3 Å². The summed E-state index contributed by atoms with van der Waals surface area (Å²) in [6.07, 6.45) is 0.285. The monoisotopic (exact) mass is 266 g/mol. The summed E-state index contributed by atoms with van der Waals surface area (Å²) < 4.78 is 5.16. The molecule has 19 heavy (non-hydrogen) atoms. The van der Waals surface area contributed by atoms with Gasteiger partial charge in [0.2, 0.25) is 0 Å². The van der Waals surface area contributed by atoms with Gasteiger partial charge in [0.05, 0.1) is 4.92 Å². The number of carbonyl (C=O) groups is 1. The second-order valence-corrected chi connectivity index (χ2v) is 5.27. The lowest BCUT2D eigenvalue weighted by Gasteiger charge is -2.22. The summed E-state index contributed by atoms with van der Waals surface area (Å²) in [6, 6.07) is 5.17. The predicted octanol–water partition coefficient (Wildman–Crippen LogP) is 1.81. The molecule has 1 aromatic carbocycles. The van der Waals surface area contributed by atoms with Crippen LogP contribution in [-0.2, 0) is 16.0 Å². The van der Waals surface area contributed by atoms with Gasteiger partial charge in [-0.25, -0.2) is 0 Å². The van der Waals surface area contributed by atoms with E-state index in [0.29, 0.717) is 0 Å². The van der Waals surface area contributed by atoms with Gasteiger partial charge in [-0.05, 0) is 32.8 Å². The molecule has 0 bridgehead atoms. The number of rotatable bonds is 4. The molecule has 0 saturated carbocycles. The van der Waals surface area contributed by atoms with Gasteiger partial charge in [-0.2, -0.15) is 0 Å². The van der Waals surface area contributed by atoms with E-state index < -0.39 is 22.5 Å². The fourth-order valence-corrected chi connectivity index (χ4v) is 1.47. The van der Waals surface area contributed by atoms with E-state index in [1.54, 1.807) is 32.9 Å². The first kappa shape index (κ1) is 15.1. The van der Waals surface area contributed by atoms with Crippen LogP contribution in [0.4, 0.5) is 5.69 Å². The summed E-state index contributed by atoms with van der Waals surface area (Å²) in [5.41, 5.74) is 5.93. The van der Waals surface area contributed by atoms with Gasteiger partial charge in [0.25, 0.3) is 5.69 Å². The number of benzene rings is 1. The van der Waals surface area contributed by atoms with Gasteiger partial charge in [-0.15, -0.1) is 0 Å². The van der Waals surface area contributed by atoms with Crippen molar-refractivity contribution in [2.45, 2.75) is 38.8 Å². The number of nitro groups is 1. The highest BCUT2D eigenvalue weighted by atomic mass is 16.6. The van der Waals surface area contributed by atoms with Crippen molar-refractivity contribution >= 4 is 11.7 Å². The van der Waals surface area contributed by atoms with Gasteiger partial charge in [0, 0.05) is 12.1 Å². The summed E-state index contributed by atoms with van der Waals surface area (Å²) >= 11 is 0. The zero-order valence-electron chi connectivity index (χ0n) is 11.3. The molecule has 2 N–H and O–H groups in total. The van der Waals surface area contributed by atoms with Crippen LogP contribution < -0.4 is 5.73 Å². The van der Waals surface area contributed by atoms with Crippen LogP contribution >= 0.6 is 0 Å². The smallest absolute Gasteiger partial charge is 0.323 e. The summed E-state index contributed by atoms with van der Waals surface area (Å²) in [4.78, 5) is 21.7. The summed E-state index contributed by atoms with van der Waals surface area (Å²) in [7, 11) is 0. The molecule has 0 unspecified atom stereocenters. The maximum Gasteiger partial charge on any atom is 0.323 e. The minimum atomic E-state index is -0.777. The van der Waals surface area contributed by atoms with Crippen molar-refractivity contribution in [2.24, 2.45) is 5.73 Å². The molecule has 0 heterocycles. The first-order chi connectivity index (χ1) is 8.69. The maximum atomic E-state index is 11.7. The van der Waals surface area contributed by atoms with Crippen LogP contribution in [0.2, 0.25) is 0 Å². The molecule has 6 heteroatoms. The molecule has 0 aromatic heterocycles. The average Bonchev–Trinajstić information content (AvgIpc) is 2.27. The maximum absolute atomic E-state index is 11.7. The molecule has 1 aromatic rings. The van der Waals surface area contributed by atoms with Crippen molar-refractivity contribution in [1.29, 1.82) is 0 Å². The molecular weight excluding hydrogens is 248 g/mol. The quantitative estimate of drug-likeness (QED) is 0.509. The first-order valence-corrected chi connectivity index (χ1v) is 5.91. The molecule has 0 radical (unpaired) electrons. The predicted molar refractivity (Wildman–Crippen MR) is 70.6 cm³/mol. The van der Waals surface area contributed by atoms with Gasteiger partial charge in [0.15, 0.2) is 0 Å². The van der Waals surface area contributed by atoms with E-state index >= 15 is 0 Å². The number of hydrogen-bond donors (Lipinski definition) is 1. The van der Waals surface area contributed by atoms with Crippen LogP contribution in [-0.4, -0.2) is 22.5 Å². The van der Waals surface area contributed by atoms with Crippen molar-refractivity contribution in [3.05, 3.63) is 39.9 Å². The molecule has 0 amide bonds. The van der Waals surface area contributed by atoms with Gasteiger partial charge in [0.1, 0.15) is 11.6 Å². The van der Waals surface area contributed by atoms with E-state index in [4.69, 9.17) is 10.5 Å². The van der Waals surface area contributed by atoms with Crippen LogP contribution in [0.5, 0.6) is 0 Å². The Morgan fingerprint density at radius 1 is 1.37 bits per heavy atom. The van der Waals surface area contributed by atoms with Crippen molar-refractivity contribution < 1.29 is 14.5 Å². The van der Waals surface area contributed by atoms with Crippen LogP contribution in [0, 0.1) is 10.1 Å². The van der Waals surface area contributed by atoms with Crippen LogP contribution in [0.3, 0.4) is 0 Å². The number of nitrogens with zero attached hydrogens (tertiary/aromatic N) is 1. The Bertz CT molecular complexity index is 463.